The van der Waals surface area contributed by atoms with Crippen LogP contribution in [0.4, 0.5) is 0 Å². The number of nitrogens with one attached hydrogen (secondary N) is 1. The van der Waals surface area contributed by atoms with Crippen LogP contribution in [0, 0.1) is 0 Å². The Morgan fingerprint density at radius 1 is 1.26 bits per heavy atom. The molecular formula is C16H15ClN4O2. The van der Waals surface area contributed by atoms with Gasteiger partial charge in [-0.25, -0.2) is 9.50 Å². The largest absolute Gasteiger partial charge is 0.477 e. The minimum absolute atomic E-state index is 0.261. The van der Waals surface area contributed by atoms with Gasteiger partial charge in [0.05, 0.1) is 12.8 Å². The van der Waals surface area contributed by atoms with Gasteiger partial charge >= 0.3 is 0 Å². The zero-order chi connectivity index (χ0) is 16.2. The van der Waals surface area contributed by atoms with Gasteiger partial charge in [0.1, 0.15) is 5.69 Å². The van der Waals surface area contributed by atoms with E-state index >= 15 is 0 Å². The molecular weight excluding hydrogens is 316 g/mol. The van der Waals surface area contributed by atoms with E-state index in [1.165, 1.54) is 4.52 Å². The summed E-state index contributed by atoms with van der Waals surface area (Å²) in [7, 11) is 0. The number of carbonyl (C=O) groups is 1. The van der Waals surface area contributed by atoms with Gasteiger partial charge in [-0.3, -0.25) is 4.79 Å². The fourth-order valence-corrected chi connectivity index (χ4v) is 2.20. The number of carbonyl (C=O) groups excluding carboxylic acids is 1. The highest BCUT2D eigenvalue weighted by Crippen LogP contribution is 2.11. The summed E-state index contributed by atoms with van der Waals surface area (Å²) in [6.45, 7) is 2.82. The molecule has 0 spiro atoms. The highest BCUT2D eigenvalue weighted by molar-refractivity contribution is 6.30. The summed E-state index contributed by atoms with van der Waals surface area (Å²) in [5, 5.41) is 7.72. The summed E-state index contributed by atoms with van der Waals surface area (Å²) in [5.74, 6) is 0.230. The SMILES string of the molecule is CCOc1ccc2nc(C(=O)NCc3ccc(Cl)cc3)cn2n1. The molecule has 2 heterocycles. The molecule has 0 aliphatic heterocycles. The molecule has 2 aromatic heterocycles. The van der Waals surface area contributed by atoms with Crippen molar-refractivity contribution in [3.05, 3.63) is 58.9 Å². The maximum Gasteiger partial charge on any atom is 0.271 e. The molecule has 1 aromatic carbocycles. The standard InChI is InChI=1S/C16H15ClN4O2/c1-2-23-15-8-7-14-19-13(10-21(14)20-15)16(22)18-9-11-3-5-12(17)6-4-11/h3-8,10H,2,9H2,1H3,(H,18,22). The minimum Gasteiger partial charge on any atom is -0.477 e. The molecule has 3 aromatic rings. The molecule has 7 heteroatoms. The lowest BCUT2D eigenvalue weighted by Gasteiger charge is -2.03. The number of benzene rings is 1. The second-order valence-electron chi connectivity index (χ2n) is 4.84. The fourth-order valence-electron chi connectivity index (χ4n) is 2.07. The van der Waals surface area contributed by atoms with Gasteiger partial charge in [0.15, 0.2) is 5.65 Å². The van der Waals surface area contributed by atoms with Crippen LogP contribution in [0.5, 0.6) is 5.88 Å². The Balaban J connectivity index is 1.71. The molecule has 118 valence electrons. The molecule has 0 radical (unpaired) electrons. The number of rotatable bonds is 5. The molecule has 0 fully saturated rings. The Labute approximate surface area is 138 Å². The molecule has 23 heavy (non-hydrogen) atoms. The van der Waals surface area contributed by atoms with E-state index in [1.54, 1.807) is 30.5 Å². The van der Waals surface area contributed by atoms with Gasteiger partial charge < -0.3 is 10.1 Å². The molecule has 1 N–H and O–H groups in total. The van der Waals surface area contributed by atoms with Gasteiger partial charge in [-0.1, -0.05) is 23.7 Å². The van der Waals surface area contributed by atoms with Crippen LogP contribution in [0.1, 0.15) is 23.0 Å². The van der Waals surface area contributed by atoms with Crippen LogP contribution in [-0.2, 0) is 6.54 Å². The zero-order valence-electron chi connectivity index (χ0n) is 12.5. The predicted octanol–water partition coefficient (Wildman–Crippen LogP) is 2.71. The molecule has 0 atom stereocenters. The van der Waals surface area contributed by atoms with Crippen LogP contribution in [0.25, 0.3) is 5.65 Å². The third kappa shape index (κ3) is 3.60. The number of hydrogen-bond donors (Lipinski definition) is 1. The minimum atomic E-state index is -0.261. The Morgan fingerprint density at radius 2 is 2.04 bits per heavy atom. The van der Waals surface area contributed by atoms with Crippen molar-refractivity contribution in [2.45, 2.75) is 13.5 Å². The third-order valence-corrected chi connectivity index (χ3v) is 3.44. The first-order valence-corrected chi connectivity index (χ1v) is 7.55. The zero-order valence-corrected chi connectivity index (χ0v) is 13.2. The Bertz CT molecular complexity index is 830. The van der Waals surface area contributed by atoms with Gasteiger partial charge in [-0.15, -0.1) is 5.10 Å². The summed E-state index contributed by atoms with van der Waals surface area (Å²) in [5.41, 5.74) is 1.86. The predicted molar refractivity (Wildman–Crippen MR) is 86.8 cm³/mol. The van der Waals surface area contributed by atoms with Crippen molar-refractivity contribution >= 4 is 23.2 Å². The monoisotopic (exact) mass is 330 g/mol. The van der Waals surface area contributed by atoms with Crippen LogP contribution in [0.2, 0.25) is 5.02 Å². The molecule has 0 aliphatic rings. The number of nitrogens with zero attached hydrogens (tertiary/aromatic N) is 3. The summed E-state index contributed by atoms with van der Waals surface area (Å²) < 4.78 is 6.86. The van der Waals surface area contributed by atoms with E-state index in [1.807, 2.05) is 19.1 Å². The van der Waals surface area contributed by atoms with Crippen LogP contribution < -0.4 is 10.1 Å². The summed E-state index contributed by atoms with van der Waals surface area (Å²) in [4.78, 5) is 16.4. The molecule has 0 saturated heterocycles. The van der Waals surface area contributed by atoms with Crippen molar-refractivity contribution < 1.29 is 9.53 Å². The Kier molecular flexibility index (Phi) is 4.43. The van der Waals surface area contributed by atoms with Crippen molar-refractivity contribution in [3.8, 4) is 5.88 Å². The number of amides is 1. The topological polar surface area (TPSA) is 68.5 Å². The first kappa shape index (κ1) is 15.3. The summed E-state index contributed by atoms with van der Waals surface area (Å²) in [6, 6.07) is 10.8. The average molecular weight is 331 g/mol. The van der Waals surface area contributed by atoms with E-state index in [-0.39, 0.29) is 5.91 Å². The highest BCUT2D eigenvalue weighted by Gasteiger charge is 2.11. The quantitative estimate of drug-likeness (QED) is 0.781. The van der Waals surface area contributed by atoms with Gasteiger partial charge in [0, 0.05) is 17.6 Å². The van der Waals surface area contributed by atoms with Crippen LogP contribution in [0.15, 0.2) is 42.6 Å². The summed E-state index contributed by atoms with van der Waals surface area (Å²) >= 11 is 5.83. The van der Waals surface area contributed by atoms with Gasteiger partial charge in [-0.2, -0.15) is 0 Å². The third-order valence-electron chi connectivity index (χ3n) is 3.19. The number of fused-ring (bicyclic) bond motifs is 1. The molecule has 3 rings (SSSR count). The van der Waals surface area contributed by atoms with E-state index < -0.39 is 0 Å². The van der Waals surface area contributed by atoms with E-state index in [0.717, 1.165) is 5.56 Å². The average Bonchev–Trinajstić information content (AvgIpc) is 2.98. The van der Waals surface area contributed by atoms with Gasteiger partial charge in [-0.05, 0) is 30.7 Å². The second-order valence-corrected chi connectivity index (χ2v) is 5.28. The number of ether oxygens (including phenoxy) is 1. The van der Waals surface area contributed by atoms with E-state index in [2.05, 4.69) is 15.4 Å². The van der Waals surface area contributed by atoms with Crippen molar-refractivity contribution in [3.63, 3.8) is 0 Å². The second kappa shape index (κ2) is 6.66. The van der Waals surface area contributed by atoms with Crippen molar-refractivity contribution in [1.82, 2.24) is 19.9 Å². The number of aromatic nitrogens is 3. The van der Waals surface area contributed by atoms with Crippen LogP contribution in [0.3, 0.4) is 0 Å². The normalized spacial score (nSPS) is 10.7. The molecule has 0 unspecified atom stereocenters. The smallest absolute Gasteiger partial charge is 0.271 e. The summed E-state index contributed by atoms with van der Waals surface area (Å²) in [6.07, 6.45) is 1.58. The molecule has 0 aliphatic carbocycles. The first-order valence-electron chi connectivity index (χ1n) is 7.17. The first-order chi connectivity index (χ1) is 11.2. The molecule has 6 nitrogen and oxygen atoms in total. The maximum atomic E-state index is 12.2. The highest BCUT2D eigenvalue weighted by atomic mass is 35.5. The van der Waals surface area contributed by atoms with Crippen molar-refractivity contribution in [1.29, 1.82) is 0 Å². The number of imidazole rings is 1. The van der Waals surface area contributed by atoms with E-state index in [9.17, 15) is 4.79 Å². The Morgan fingerprint density at radius 3 is 2.78 bits per heavy atom. The van der Waals surface area contributed by atoms with Crippen LogP contribution >= 0.6 is 11.6 Å². The van der Waals surface area contributed by atoms with Gasteiger partial charge in [0.2, 0.25) is 5.88 Å². The Hall–Kier alpha value is -2.60. The lowest BCUT2D eigenvalue weighted by atomic mass is 10.2. The van der Waals surface area contributed by atoms with Crippen LogP contribution in [-0.4, -0.2) is 27.1 Å². The number of hydrogen-bond acceptors (Lipinski definition) is 4. The van der Waals surface area contributed by atoms with E-state index in [0.29, 0.717) is 35.4 Å². The molecule has 0 bridgehead atoms. The molecule has 1 amide bonds. The lowest BCUT2D eigenvalue weighted by Crippen LogP contribution is -2.23. The van der Waals surface area contributed by atoms with Crippen molar-refractivity contribution in [2.24, 2.45) is 0 Å². The van der Waals surface area contributed by atoms with E-state index in [4.69, 9.17) is 16.3 Å². The fraction of sp³-hybridized carbons (Fsp3) is 0.188. The lowest BCUT2D eigenvalue weighted by molar-refractivity contribution is 0.0946. The van der Waals surface area contributed by atoms with Gasteiger partial charge in [0.25, 0.3) is 5.91 Å². The molecule has 0 saturated carbocycles. The van der Waals surface area contributed by atoms with Crippen molar-refractivity contribution in [2.75, 3.05) is 6.61 Å². The number of halogens is 1. The maximum absolute atomic E-state index is 12.2.